The Kier molecular flexibility index (Phi) is 4.90. The van der Waals surface area contributed by atoms with Crippen molar-refractivity contribution in [2.75, 3.05) is 7.11 Å². The summed E-state index contributed by atoms with van der Waals surface area (Å²) in [5.41, 5.74) is 6.22. The van der Waals surface area contributed by atoms with Crippen LogP contribution in [0.4, 0.5) is 0 Å². The molecule has 136 valence electrons. The van der Waals surface area contributed by atoms with Gasteiger partial charge >= 0.3 is 0 Å². The van der Waals surface area contributed by atoms with Gasteiger partial charge in [-0.25, -0.2) is 4.98 Å². The Labute approximate surface area is 158 Å². The second-order valence-corrected chi connectivity index (χ2v) is 6.58. The molecule has 4 rings (SSSR count). The van der Waals surface area contributed by atoms with E-state index in [1.165, 1.54) is 17.5 Å². The molecule has 0 aliphatic carbocycles. The number of benzene rings is 3. The highest BCUT2D eigenvalue weighted by molar-refractivity contribution is 5.82. The Morgan fingerprint density at radius 1 is 1.04 bits per heavy atom. The molecule has 4 nitrogen and oxygen atoms in total. The quantitative estimate of drug-likeness (QED) is 0.504. The third-order valence-corrected chi connectivity index (χ3v) is 4.82. The number of ether oxygens (including phenoxy) is 1. The smallest absolute Gasteiger partial charge is 0.181 e. The first-order valence-electron chi connectivity index (χ1n) is 9.03. The average Bonchev–Trinajstić information content (AvgIpc) is 3.20. The Balaban J connectivity index is 1.59. The molecule has 0 spiro atoms. The number of nitrogens with zero attached hydrogens (tertiary/aromatic N) is 1. The molecule has 1 unspecified atom stereocenters. The highest BCUT2D eigenvalue weighted by Crippen LogP contribution is 2.32. The monoisotopic (exact) mass is 358 g/mol. The van der Waals surface area contributed by atoms with Gasteiger partial charge < -0.3 is 14.5 Å². The lowest BCUT2D eigenvalue weighted by Gasteiger charge is -2.16. The van der Waals surface area contributed by atoms with Crippen molar-refractivity contribution >= 4 is 11.1 Å². The SMILES string of the molecule is COc1ccc(CNC(C)c2ccccc2)cc1-c1ccc2ocnc2c1. The van der Waals surface area contributed by atoms with Gasteiger partial charge in [0.05, 0.1) is 7.11 Å². The summed E-state index contributed by atoms with van der Waals surface area (Å²) in [6, 6.07) is 23.0. The first-order chi connectivity index (χ1) is 13.2. The molecular formula is C23H22N2O2. The van der Waals surface area contributed by atoms with Crippen LogP contribution in [-0.4, -0.2) is 12.1 Å². The van der Waals surface area contributed by atoms with Crippen LogP contribution in [0.25, 0.3) is 22.2 Å². The first kappa shape index (κ1) is 17.3. The van der Waals surface area contributed by atoms with E-state index in [2.05, 4.69) is 53.6 Å². The van der Waals surface area contributed by atoms with Gasteiger partial charge in [-0.15, -0.1) is 0 Å². The third-order valence-electron chi connectivity index (χ3n) is 4.82. The fraction of sp³-hybridized carbons (Fsp3) is 0.174. The molecule has 4 aromatic rings. The summed E-state index contributed by atoms with van der Waals surface area (Å²) in [7, 11) is 1.70. The van der Waals surface area contributed by atoms with E-state index in [9.17, 15) is 0 Å². The van der Waals surface area contributed by atoms with E-state index in [0.29, 0.717) is 0 Å². The summed E-state index contributed by atoms with van der Waals surface area (Å²) < 4.78 is 10.9. The number of methoxy groups -OCH3 is 1. The fourth-order valence-electron chi connectivity index (χ4n) is 3.25. The van der Waals surface area contributed by atoms with Crippen LogP contribution in [0.3, 0.4) is 0 Å². The van der Waals surface area contributed by atoms with E-state index in [-0.39, 0.29) is 6.04 Å². The van der Waals surface area contributed by atoms with Gasteiger partial charge in [-0.3, -0.25) is 0 Å². The number of aromatic nitrogens is 1. The Morgan fingerprint density at radius 2 is 1.89 bits per heavy atom. The van der Waals surface area contributed by atoms with Crippen molar-refractivity contribution in [3.8, 4) is 16.9 Å². The van der Waals surface area contributed by atoms with E-state index in [1.54, 1.807) is 7.11 Å². The third kappa shape index (κ3) is 3.71. The lowest BCUT2D eigenvalue weighted by molar-refractivity contribution is 0.416. The van der Waals surface area contributed by atoms with Gasteiger partial charge in [-0.1, -0.05) is 42.5 Å². The van der Waals surface area contributed by atoms with Crippen molar-refractivity contribution in [3.05, 3.63) is 84.3 Å². The zero-order chi connectivity index (χ0) is 18.6. The largest absolute Gasteiger partial charge is 0.496 e. The molecule has 0 aliphatic heterocycles. The molecule has 4 heteroatoms. The molecular weight excluding hydrogens is 336 g/mol. The zero-order valence-electron chi connectivity index (χ0n) is 15.5. The van der Waals surface area contributed by atoms with Gasteiger partial charge in [0.1, 0.15) is 11.3 Å². The molecule has 0 aliphatic rings. The van der Waals surface area contributed by atoms with Crippen LogP contribution < -0.4 is 10.1 Å². The highest BCUT2D eigenvalue weighted by atomic mass is 16.5. The maximum Gasteiger partial charge on any atom is 0.181 e. The van der Waals surface area contributed by atoms with Gasteiger partial charge in [-0.2, -0.15) is 0 Å². The number of oxazole rings is 1. The summed E-state index contributed by atoms with van der Waals surface area (Å²) in [5.74, 6) is 0.845. The van der Waals surface area contributed by atoms with Gasteiger partial charge in [0.25, 0.3) is 0 Å². The summed E-state index contributed by atoms with van der Waals surface area (Å²) in [6.07, 6.45) is 1.47. The number of hydrogen-bond acceptors (Lipinski definition) is 4. The number of rotatable bonds is 6. The molecule has 3 aromatic carbocycles. The maximum absolute atomic E-state index is 5.58. The van der Waals surface area contributed by atoms with Crippen LogP contribution in [0.15, 0.2) is 77.5 Å². The molecule has 0 saturated carbocycles. The Hall–Kier alpha value is -3.11. The van der Waals surface area contributed by atoms with Crippen molar-refractivity contribution < 1.29 is 9.15 Å². The molecule has 0 bridgehead atoms. The lowest BCUT2D eigenvalue weighted by Crippen LogP contribution is -2.18. The van der Waals surface area contributed by atoms with E-state index < -0.39 is 0 Å². The zero-order valence-corrected chi connectivity index (χ0v) is 15.5. The second-order valence-electron chi connectivity index (χ2n) is 6.58. The van der Waals surface area contributed by atoms with Crippen LogP contribution in [0.5, 0.6) is 5.75 Å². The van der Waals surface area contributed by atoms with Crippen molar-refractivity contribution in [1.29, 1.82) is 0 Å². The standard InChI is InChI=1S/C23H22N2O2/c1-16(18-6-4-3-5-7-18)24-14-17-8-10-22(26-2)20(12-17)19-9-11-23-21(13-19)25-15-27-23/h3-13,15-16,24H,14H2,1-2H3. The van der Waals surface area contributed by atoms with Crippen LogP contribution >= 0.6 is 0 Å². The van der Waals surface area contributed by atoms with Crippen molar-refractivity contribution in [2.45, 2.75) is 19.5 Å². The van der Waals surface area contributed by atoms with Crippen LogP contribution in [0, 0.1) is 0 Å². The Bertz CT molecular complexity index is 1040. The van der Waals surface area contributed by atoms with Crippen molar-refractivity contribution in [2.24, 2.45) is 0 Å². The van der Waals surface area contributed by atoms with Crippen LogP contribution in [-0.2, 0) is 6.54 Å². The van der Waals surface area contributed by atoms with Gasteiger partial charge in [0.2, 0.25) is 0 Å². The number of fused-ring (bicyclic) bond motifs is 1. The minimum atomic E-state index is 0.281. The summed E-state index contributed by atoms with van der Waals surface area (Å²) in [4.78, 5) is 4.26. The Morgan fingerprint density at radius 3 is 2.70 bits per heavy atom. The van der Waals surface area contributed by atoms with Gasteiger partial charge in [0, 0.05) is 18.2 Å². The van der Waals surface area contributed by atoms with E-state index in [1.807, 2.05) is 30.3 Å². The van der Waals surface area contributed by atoms with Crippen LogP contribution in [0.1, 0.15) is 24.1 Å². The van der Waals surface area contributed by atoms with Crippen molar-refractivity contribution in [3.63, 3.8) is 0 Å². The minimum Gasteiger partial charge on any atom is -0.496 e. The maximum atomic E-state index is 5.58. The summed E-state index contributed by atoms with van der Waals surface area (Å²) in [6.45, 7) is 2.96. The second kappa shape index (κ2) is 7.64. The molecule has 1 atom stereocenters. The summed E-state index contributed by atoms with van der Waals surface area (Å²) >= 11 is 0. The first-order valence-corrected chi connectivity index (χ1v) is 9.03. The summed E-state index contributed by atoms with van der Waals surface area (Å²) in [5, 5.41) is 3.59. The van der Waals surface area contributed by atoms with Gasteiger partial charge in [-0.05, 0) is 47.9 Å². The van der Waals surface area contributed by atoms with Crippen molar-refractivity contribution in [1.82, 2.24) is 10.3 Å². The molecule has 0 radical (unpaired) electrons. The molecule has 1 aromatic heterocycles. The molecule has 0 saturated heterocycles. The minimum absolute atomic E-state index is 0.281. The van der Waals surface area contributed by atoms with E-state index in [0.717, 1.165) is 34.5 Å². The lowest BCUT2D eigenvalue weighted by atomic mass is 10.0. The molecule has 27 heavy (non-hydrogen) atoms. The topological polar surface area (TPSA) is 47.3 Å². The number of hydrogen-bond donors (Lipinski definition) is 1. The fourth-order valence-corrected chi connectivity index (χ4v) is 3.25. The molecule has 1 N–H and O–H groups in total. The predicted octanol–water partition coefficient (Wildman–Crippen LogP) is 5.35. The molecule has 0 fully saturated rings. The average molecular weight is 358 g/mol. The highest BCUT2D eigenvalue weighted by Gasteiger charge is 2.10. The normalized spacial score (nSPS) is 12.2. The van der Waals surface area contributed by atoms with E-state index in [4.69, 9.17) is 9.15 Å². The van der Waals surface area contributed by atoms with Gasteiger partial charge in [0.15, 0.2) is 12.0 Å². The van der Waals surface area contributed by atoms with Crippen LogP contribution in [0.2, 0.25) is 0 Å². The molecule has 1 heterocycles. The molecule has 0 amide bonds. The predicted molar refractivity (Wildman–Crippen MR) is 108 cm³/mol. The van der Waals surface area contributed by atoms with E-state index >= 15 is 0 Å². The number of nitrogens with one attached hydrogen (secondary N) is 1.